The van der Waals surface area contributed by atoms with Crippen molar-refractivity contribution in [2.24, 2.45) is 5.73 Å². The Bertz CT molecular complexity index is 1100. The number of esters is 1. The number of rotatable bonds is 10. The van der Waals surface area contributed by atoms with Crippen molar-refractivity contribution < 1.29 is 33.4 Å². The Kier molecular flexibility index (Phi) is 9.26. The third-order valence-electron chi connectivity index (χ3n) is 5.63. The smallest absolute Gasteiger partial charge is 0.339 e. The second kappa shape index (κ2) is 12.6. The van der Waals surface area contributed by atoms with Gasteiger partial charge in [0.05, 0.1) is 12.2 Å². The van der Waals surface area contributed by atoms with Crippen LogP contribution in [0.4, 0.5) is 5.69 Å². The summed E-state index contributed by atoms with van der Waals surface area (Å²) in [5.41, 5.74) is 6.10. The first-order valence-electron chi connectivity index (χ1n) is 11.9. The molecule has 2 aromatic carbocycles. The first kappa shape index (κ1) is 26.5. The fraction of sp³-hybridized carbons (Fsp3) is 0.385. The molecule has 0 radical (unpaired) electrons. The molecular weight excluding hydrogens is 466 g/mol. The molecule has 1 fully saturated rings. The predicted molar refractivity (Wildman–Crippen MR) is 132 cm³/mol. The number of likely N-dealkylation sites (tertiary alicyclic amines) is 1. The van der Waals surface area contributed by atoms with Gasteiger partial charge in [0.25, 0.3) is 11.8 Å². The lowest BCUT2D eigenvalue weighted by atomic mass is 10.1. The number of nitrogens with zero attached hydrogens (tertiary/aromatic N) is 1. The number of piperidine rings is 1. The van der Waals surface area contributed by atoms with Crippen molar-refractivity contribution in [1.29, 1.82) is 0 Å². The quantitative estimate of drug-likeness (QED) is 0.482. The molecule has 0 aromatic heterocycles. The molecule has 1 saturated heterocycles. The largest absolute Gasteiger partial charge is 0.490 e. The molecule has 10 heteroatoms. The van der Waals surface area contributed by atoms with Gasteiger partial charge < -0.3 is 30.2 Å². The molecule has 0 saturated carbocycles. The van der Waals surface area contributed by atoms with E-state index in [0.717, 1.165) is 32.4 Å². The number of nitrogens with two attached hydrogens (primary N) is 1. The molecule has 36 heavy (non-hydrogen) atoms. The van der Waals surface area contributed by atoms with Crippen LogP contribution in [0, 0.1) is 0 Å². The summed E-state index contributed by atoms with van der Waals surface area (Å²) in [5, 5.41) is 2.61. The van der Waals surface area contributed by atoms with E-state index in [2.05, 4.69) is 5.32 Å². The minimum absolute atomic E-state index is 0.0928. The van der Waals surface area contributed by atoms with E-state index in [-0.39, 0.29) is 18.1 Å². The molecular formula is C26H31N3O7. The first-order valence-corrected chi connectivity index (χ1v) is 11.9. The van der Waals surface area contributed by atoms with Gasteiger partial charge in [0, 0.05) is 24.3 Å². The van der Waals surface area contributed by atoms with Crippen LogP contribution in [0.15, 0.2) is 42.5 Å². The van der Waals surface area contributed by atoms with E-state index < -0.39 is 23.9 Å². The number of carbonyl (C=O) groups is 4. The van der Waals surface area contributed by atoms with E-state index in [1.165, 1.54) is 49.4 Å². The monoisotopic (exact) mass is 497 g/mol. The van der Waals surface area contributed by atoms with Crippen LogP contribution in [0.2, 0.25) is 0 Å². The van der Waals surface area contributed by atoms with Gasteiger partial charge in [0.15, 0.2) is 24.2 Å². The Hall–Kier alpha value is -4.08. The van der Waals surface area contributed by atoms with Gasteiger partial charge in [-0.2, -0.15) is 0 Å². The van der Waals surface area contributed by atoms with Gasteiger partial charge in [0.2, 0.25) is 5.91 Å². The standard InChI is InChI=1S/C26H31N3O7/c1-3-34-22-15-19(9-12-21(22)35-16-23(30)29-13-5-4-6-14-29)26(33)36-17(2)25(32)28-20-10-7-18(8-11-20)24(27)31/h7-12,15,17H,3-6,13-14,16H2,1-2H3,(H2,27,31)(H,28,32). The fourth-order valence-corrected chi connectivity index (χ4v) is 3.64. The molecule has 1 atom stereocenters. The third kappa shape index (κ3) is 7.21. The molecule has 3 rings (SSSR count). The molecule has 3 amide bonds. The highest BCUT2D eigenvalue weighted by atomic mass is 16.5. The van der Waals surface area contributed by atoms with Crippen molar-refractivity contribution in [2.45, 2.75) is 39.2 Å². The molecule has 10 nitrogen and oxygen atoms in total. The van der Waals surface area contributed by atoms with E-state index in [1.807, 2.05) is 0 Å². The summed E-state index contributed by atoms with van der Waals surface area (Å²) in [6.45, 7) is 4.89. The summed E-state index contributed by atoms with van der Waals surface area (Å²) in [4.78, 5) is 50.5. The number of hydrogen-bond donors (Lipinski definition) is 2. The number of carbonyl (C=O) groups excluding carboxylic acids is 4. The van der Waals surface area contributed by atoms with Crippen molar-refractivity contribution in [2.75, 3.05) is 31.6 Å². The Balaban J connectivity index is 1.59. The highest BCUT2D eigenvalue weighted by Gasteiger charge is 2.22. The summed E-state index contributed by atoms with van der Waals surface area (Å²) < 4.78 is 16.6. The Morgan fingerprint density at radius 2 is 1.61 bits per heavy atom. The van der Waals surface area contributed by atoms with Crippen LogP contribution >= 0.6 is 0 Å². The zero-order valence-corrected chi connectivity index (χ0v) is 20.5. The van der Waals surface area contributed by atoms with Crippen LogP contribution < -0.4 is 20.5 Å². The lowest BCUT2D eigenvalue weighted by molar-refractivity contribution is -0.134. The maximum atomic E-state index is 12.7. The van der Waals surface area contributed by atoms with Crippen LogP contribution in [-0.2, 0) is 14.3 Å². The van der Waals surface area contributed by atoms with Crippen LogP contribution in [0.1, 0.15) is 53.8 Å². The number of anilines is 1. The molecule has 1 heterocycles. The van der Waals surface area contributed by atoms with E-state index in [4.69, 9.17) is 19.9 Å². The molecule has 1 aliphatic heterocycles. The number of nitrogens with one attached hydrogen (secondary N) is 1. The highest BCUT2D eigenvalue weighted by molar-refractivity contribution is 5.98. The SMILES string of the molecule is CCOc1cc(C(=O)OC(C)C(=O)Nc2ccc(C(N)=O)cc2)ccc1OCC(=O)N1CCCCC1. The molecule has 0 aliphatic carbocycles. The second-order valence-electron chi connectivity index (χ2n) is 8.30. The van der Waals surface area contributed by atoms with Gasteiger partial charge in [-0.05, 0) is 75.6 Å². The summed E-state index contributed by atoms with van der Waals surface area (Å²) in [7, 11) is 0. The second-order valence-corrected chi connectivity index (χ2v) is 8.30. The van der Waals surface area contributed by atoms with Crippen LogP contribution in [0.3, 0.4) is 0 Å². The summed E-state index contributed by atoms with van der Waals surface area (Å²) >= 11 is 0. The summed E-state index contributed by atoms with van der Waals surface area (Å²) in [5.74, 6) is -1.31. The van der Waals surface area contributed by atoms with Crippen LogP contribution in [0.25, 0.3) is 0 Å². The molecule has 0 bridgehead atoms. The van der Waals surface area contributed by atoms with Crippen molar-refractivity contribution in [3.63, 3.8) is 0 Å². The van der Waals surface area contributed by atoms with Gasteiger partial charge in [0.1, 0.15) is 0 Å². The molecule has 1 unspecified atom stereocenters. The zero-order chi connectivity index (χ0) is 26.1. The third-order valence-corrected chi connectivity index (χ3v) is 5.63. The van der Waals surface area contributed by atoms with Crippen LogP contribution in [0.5, 0.6) is 11.5 Å². The van der Waals surface area contributed by atoms with Gasteiger partial charge in [-0.25, -0.2) is 4.79 Å². The van der Waals surface area contributed by atoms with Gasteiger partial charge >= 0.3 is 5.97 Å². The van der Waals surface area contributed by atoms with E-state index in [0.29, 0.717) is 29.4 Å². The lowest BCUT2D eigenvalue weighted by Crippen LogP contribution is -2.38. The fourth-order valence-electron chi connectivity index (χ4n) is 3.64. The zero-order valence-electron chi connectivity index (χ0n) is 20.5. The van der Waals surface area contributed by atoms with Gasteiger partial charge in [-0.3, -0.25) is 14.4 Å². The number of primary amides is 1. The molecule has 3 N–H and O–H groups in total. The molecule has 0 spiro atoms. The van der Waals surface area contributed by atoms with E-state index >= 15 is 0 Å². The minimum Gasteiger partial charge on any atom is -0.490 e. The van der Waals surface area contributed by atoms with E-state index in [9.17, 15) is 19.2 Å². The minimum atomic E-state index is -1.10. The van der Waals surface area contributed by atoms with Crippen molar-refractivity contribution in [3.05, 3.63) is 53.6 Å². The van der Waals surface area contributed by atoms with Crippen molar-refractivity contribution >= 4 is 29.4 Å². The normalized spacial score (nSPS) is 13.9. The van der Waals surface area contributed by atoms with Gasteiger partial charge in [-0.1, -0.05) is 0 Å². The van der Waals surface area contributed by atoms with Crippen molar-refractivity contribution in [1.82, 2.24) is 4.90 Å². The maximum absolute atomic E-state index is 12.7. The van der Waals surface area contributed by atoms with Crippen molar-refractivity contribution in [3.8, 4) is 11.5 Å². The van der Waals surface area contributed by atoms with Gasteiger partial charge in [-0.15, -0.1) is 0 Å². The summed E-state index contributed by atoms with van der Waals surface area (Å²) in [6, 6.07) is 10.5. The van der Waals surface area contributed by atoms with Crippen LogP contribution in [-0.4, -0.2) is 61.0 Å². The topological polar surface area (TPSA) is 137 Å². The number of hydrogen-bond acceptors (Lipinski definition) is 7. The first-order chi connectivity index (χ1) is 17.3. The lowest BCUT2D eigenvalue weighted by Gasteiger charge is -2.26. The number of amides is 3. The Labute approximate surface area is 209 Å². The molecule has 2 aromatic rings. The Morgan fingerprint density at radius 1 is 0.944 bits per heavy atom. The molecule has 192 valence electrons. The maximum Gasteiger partial charge on any atom is 0.339 e. The highest BCUT2D eigenvalue weighted by Crippen LogP contribution is 2.29. The average Bonchev–Trinajstić information content (AvgIpc) is 2.88. The molecule has 1 aliphatic rings. The average molecular weight is 498 g/mol. The summed E-state index contributed by atoms with van der Waals surface area (Å²) in [6.07, 6.45) is 2.01. The van der Waals surface area contributed by atoms with E-state index in [1.54, 1.807) is 11.8 Å². The Morgan fingerprint density at radius 3 is 2.25 bits per heavy atom. The number of ether oxygens (including phenoxy) is 3. The number of benzene rings is 2. The predicted octanol–water partition coefficient (Wildman–Crippen LogP) is 2.76.